The second-order valence-electron chi connectivity index (χ2n) is 7.04. The van der Waals surface area contributed by atoms with Crippen molar-refractivity contribution in [3.63, 3.8) is 0 Å². The summed E-state index contributed by atoms with van der Waals surface area (Å²) in [5, 5.41) is 0. The highest BCUT2D eigenvalue weighted by molar-refractivity contribution is 9.10. The van der Waals surface area contributed by atoms with E-state index in [1.54, 1.807) is 6.92 Å². The summed E-state index contributed by atoms with van der Waals surface area (Å²) >= 11 is 3.50. The van der Waals surface area contributed by atoms with Crippen molar-refractivity contribution in [2.24, 2.45) is 0 Å². The average Bonchev–Trinajstić information content (AvgIpc) is 3.09. The number of para-hydroxylation sites is 1. The van der Waals surface area contributed by atoms with Crippen LogP contribution in [0, 0.1) is 6.92 Å². The largest absolute Gasteiger partial charge is 0.466 e. The molecule has 0 radical (unpaired) electrons. The molecule has 2 heterocycles. The van der Waals surface area contributed by atoms with Gasteiger partial charge >= 0.3 is 5.97 Å². The van der Waals surface area contributed by atoms with Gasteiger partial charge in [0.15, 0.2) is 0 Å². The van der Waals surface area contributed by atoms with E-state index in [1.165, 1.54) is 6.92 Å². The second kappa shape index (κ2) is 9.76. The molecule has 1 aliphatic rings. The van der Waals surface area contributed by atoms with E-state index in [2.05, 4.69) is 43.6 Å². The molecule has 3 aromatic rings. The smallest absolute Gasteiger partial charge is 0.302 e. The number of aromatic nitrogens is 1. The summed E-state index contributed by atoms with van der Waals surface area (Å²) < 4.78 is 7.63. The third-order valence-corrected chi connectivity index (χ3v) is 5.75. The van der Waals surface area contributed by atoms with Crippen LogP contribution >= 0.6 is 15.9 Å². The van der Waals surface area contributed by atoms with Gasteiger partial charge in [0.05, 0.1) is 13.2 Å². The molecule has 1 amide bonds. The molecule has 2 aromatic carbocycles. The van der Waals surface area contributed by atoms with Crippen molar-refractivity contribution in [2.45, 2.75) is 33.9 Å². The fraction of sp³-hybridized carbons (Fsp3) is 0.250. The van der Waals surface area contributed by atoms with Crippen LogP contribution < -0.4 is 4.90 Å². The molecule has 0 spiro atoms. The maximum absolute atomic E-state index is 13.2. The fourth-order valence-electron chi connectivity index (χ4n) is 3.40. The number of carbonyl (C=O) groups excluding carboxylic acids is 2. The zero-order valence-corrected chi connectivity index (χ0v) is 19.0. The van der Waals surface area contributed by atoms with Gasteiger partial charge in [0.25, 0.3) is 5.91 Å². The van der Waals surface area contributed by atoms with E-state index >= 15 is 0 Å². The SMILES string of the molecule is CCOC(C)=O.Cc1cc(C(=O)N2Cc3cccn3Cc3ccccc32)ccc1Br. The van der Waals surface area contributed by atoms with Crippen LogP contribution in [0.25, 0.3) is 0 Å². The van der Waals surface area contributed by atoms with Crippen LogP contribution in [0.4, 0.5) is 5.69 Å². The summed E-state index contributed by atoms with van der Waals surface area (Å²) in [7, 11) is 0. The number of aryl methyl sites for hydroxylation is 1. The molecule has 0 fully saturated rings. The van der Waals surface area contributed by atoms with E-state index in [1.807, 2.05) is 54.3 Å². The van der Waals surface area contributed by atoms with E-state index < -0.39 is 0 Å². The molecule has 0 saturated heterocycles. The molecule has 30 heavy (non-hydrogen) atoms. The third kappa shape index (κ3) is 5.00. The summed E-state index contributed by atoms with van der Waals surface area (Å²) in [4.78, 5) is 24.9. The van der Waals surface area contributed by atoms with Gasteiger partial charge < -0.3 is 14.2 Å². The van der Waals surface area contributed by atoms with Gasteiger partial charge in [0.2, 0.25) is 0 Å². The topological polar surface area (TPSA) is 51.5 Å². The molecule has 0 atom stereocenters. The van der Waals surface area contributed by atoms with Crippen LogP contribution in [-0.2, 0) is 22.6 Å². The molecule has 0 unspecified atom stereocenters. The number of fused-ring (bicyclic) bond motifs is 2. The molecule has 1 aromatic heterocycles. The number of nitrogens with zero attached hydrogens (tertiary/aromatic N) is 2. The lowest BCUT2D eigenvalue weighted by molar-refractivity contribution is -0.140. The number of benzene rings is 2. The molecule has 4 rings (SSSR count). The van der Waals surface area contributed by atoms with Crippen molar-refractivity contribution in [1.82, 2.24) is 4.57 Å². The zero-order valence-electron chi connectivity index (χ0n) is 17.4. The van der Waals surface area contributed by atoms with Crippen LogP contribution in [0.15, 0.2) is 65.3 Å². The van der Waals surface area contributed by atoms with Gasteiger partial charge in [-0.3, -0.25) is 9.59 Å². The number of hydrogen-bond acceptors (Lipinski definition) is 3. The molecule has 6 heteroatoms. The van der Waals surface area contributed by atoms with Crippen molar-refractivity contribution in [3.8, 4) is 0 Å². The van der Waals surface area contributed by atoms with Crippen LogP contribution in [0.2, 0.25) is 0 Å². The maximum Gasteiger partial charge on any atom is 0.302 e. The maximum atomic E-state index is 13.2. The highest BCUT2D eigenvalue weighted by Crippen LogP contribution is 2.29. The van der Waals surface area contributed by atoms with Gasteiger partial charge in [-0.05, 0) is 61.4 Å². The fourth-order valence-corrected chi connectivity index (χ4v) is 3.65. The minimum Gasteiger partial charge on any atom is -0.466 e. The first-order chi connectivity index (χ1) is 14.4. The molecule has 1 aliphatic heterocycles. The summed E-state index contributed by atoms with van der Waals surface area (Å²) in [6.45, 7) is 7.03. The van der Waals surface area contributed by atoms with E-state index in [-0.39, 0.29) is 11.9 Å². The number of halogens is 1. The standard InChI is InChI=1S/C20H17BrN2O.C4H8O2/c1-14-11-15(8-9-18(14)21)20(24)23-13-17-6-4-10-22(17)12-16-5-2-3-7-19(16)23;1-3-6-4(2)5/h2-11H,12-13H2,1H3;3H2,1-2H3. The van der Waals surface area contributed by atoms with Gasteiger partial charge in [0, 0.05) is 41.1 Å². The number of ether oxygens (including phenoxy) is 1. The monoisotopic (exact) mass is 468 g/mol. The van der Waals surface area contributed by atoms with Crippen molar-refractivity contribution in [3.05, 3.63) is 87.7 Å². The van der Waals surface area contributed by atoms with Crippen molar-refractivity contribution >= 4 is 33.5 Å². The Bertz CT molecular complexity index is 1060. The Balaban J connectivity index is 0.000000377. The van der Waals surface area contributed by atoms with Crippen molar-refractivity contribution in [1.29, 1.82) is 0 Å². The number of carbonyl (C=O) groups is 2. The first-order valence-corrected chi connectivity index (χ1v) is 10.6. The average molecular weight is 469 g/mol. The number of hydrogen-bond donors (Lipinski definition) is 0. The highest BCUT2D eigenvalue weighted by atomic mass is 79.9. The third-order valence-electron chi connectivity index (χ3n) is 4.86. The van der Waals surface area contributed by atoms with Crippen LogP contribution in [0.5, 0.6) is 0 Å². The van der Waals surface area contributed by atoms with Crippen LogP contribution in [-0.4, -0.2) is 23.1 Å². The molecule has 5 nitrogen and oxygen atoms in total. The van der Waals surface area contributed by atoms with Crippen molar-refractivity contribution in [2.75, 3.05) is 11.5 Å². The lowest BCUT2D eigenvalue weighted by Gasteiger charge is -2.23. The quantitative estimate of drug-likeness (QED) is 0.477. The Hall–Kier alpha value is -2.86. The molecule has 0 N–H and O–H groups in total. The Morgan fingerprint density at radius 2 is 1.83 bits per heavy atom. The normalized spacial score (nSPS) is 12.1. The van der Waals surface area contributed by atoms with E-state index in [0.29, 0.717) is 18.7 Å². The predicted octanol–water partition coefficient (Wildman–Crippen LogP) is 5.34. The Morgan fingerprint density at radius 3 is 2.50 bits per heavy atom. The Morgan fingerprint density at radius 1 is 1.07 bits per heavy atom. The number of rotatable bonds is 2. The summed E-state index contributed by atoms with van der Waals surface area (Å²) in [5.41, 5.74) is 5.08. The first-order valence-electron chi connectivity index (χ1n) is 9.84. The highest BCUT2D eigenvalue weighted by Gasteiger charge is 2.24. The van der Waals surface area contributed by atoms with E-state index in [4.69, 9.17) is 0 Å². The summed E-state index contributed by atoms with van der Waals surface area (Å²) in [6, 6.07) is 18.0. The lowest BCUT2D eigenvalue weighted by Crippen LogP contribution is -2.30. The number of esters is 1. The predicted molar refractivity (Wildman–Crippen MR) is 122 cm³/mol. The lowest BCUT2D eigenvalue weighted by atomic mass is 10.1. The molecule has 156 valence electrons. The Kier molecular flexibility index (Phi) is 7.11. The molecular weight excluding hydrogens is 444 g/mol. The van der Waals surface area contributed by atoms with Gasteiger partial charge in [0.1, 0.15) is 0 Å². The minimum absolute atomic E-state index is 0.0349. The molecule has 0 saturated carbocycles. The Labute approximate surface area is 185 Å². The minimum atomic E-state index is -0.211. The van der Waals surface area contributed by atoms with E-state index in [0.717, 1.165) is 33.5 Å². The van der Waals surface area contributed by atoms with Gasteiger partial charge in [-0.15, -0.1) is 0 Å². The summed E-state index contributed by atoms with van der Waals surface area (Å²) in [6.07, 6.45) is 2.07. The summed E-state index contributed by atoms with van der Waals surface area (Å²) in [5.74, 6) is -0.176. The van der Waals surface area contributed by atoms with Crippen LogP contribution in [0.1, 0.15) is 41.0 Å². The molecular formula is C24H25BrN2O3. The van der Waals surface area contributed by atoms with Gasteiger partial charge in [-0.1, -0.05) is 34.1 Å². The molecule has 0 aliphatic carbocycles. The second-order valence-corrected chi connectivity index (χ2v) is 7.89. The van der Waals surface area contributed by atoms with Crippen molar-refractivity contribution < 1.29 is 14.3 Å². The number of anilines is 1. The number of amides is 1. The zero-order chi connectivity index (χ0) is 21.7. The molecule has 0 bridgehead atoms. The van der Waals surface area contributed by atoms with Crippen LogP contribution in [0.3, 0.4) is 0 Å². The van der Waals surface area contributed by atoms with Gasteiger partial charge in [-0.25, -0.2) is 0 Å². The van der Waals surface area contributed by atoms with E-state index in [9.17, 15) is 9.59 Å². The first kappa shape index (κ1) is 21.8. The van der Waals surface area contributed by atoms with Gasteiger partial charge in [-0.2, -0.15) is 0 Å².